The summed E-state index contributed by atoms with van der Waals surface area (Å²) in [5.41, 5.74) is 4.83. The summed E-state index contributed by atoms with van der Waals surface area (Å²) in [6.07, 6.45) is 1.63. The Hall–Kier alpha value is -3.78. The third-order valence-corrected chi connectivity index (χ3v) is 5.16. The van der Waals surface area contributed by atoms with E-state index in [-0.39, 0.29) is 11.3 Å². The van der Waals surface area contributed by atoms with Gasteiger partial charge in [-0.2, -0.15) is 5.10 Å². The molecule has 3 aromatic carbocycles. The molecule has 0 aliphatic heterocycles. The number of hydrogen-bond acceptors (Lipinski definition) is 7. The van der Waals surface area contributed by atoms with Crippen molar-refractivity contribution in [1.82, 2.24) is 4.98 Å². The van der Waals surface area contributed by atoms with E-state index in [2.05, 4.69) is 15.5 Å². The van der Waals surface area contributed by atoms with E-state index in [1.165, 1.54) is 35.6 Å². The van der Waals surface area contributed by atoms with Crippen molar-refractivity contribution < 1.29 is 18.7 Å². The zero-order valence-electron chi connectivity index (χ0n) is 16.5. The van der Waals surface area contributed by atoms with Crippen molar-refractivity contribution in [2.75, 3.05) is 12.0 Å². The number of carbonyl (C=O) groups excluding carboxylic acids is 1. The molecule has 0 atom stereocenters. The monoisotopic (exact) mass is 435 g/mol. The molecule has 0 amide bonds. The largest absolute Gasteiger partial charge is 0.490 e. The molecule has 0 spiro atoms. The second kappa shape index (κ2) is 9.36. The minimum Gasteiger partial charge on any atom is -0.490 e. The Morgan fingerprint density at radius 1 is 1.13 bits per heavy atom. The SMILES string of the molecule is CCOc1cc(/C=N/Nc2nc3ccccc3s2)ccc1OC(=O)c1ccc(F)cc1. The van der Waals surface area contributed by atoms with Crippen LogP contribution in [0.5, 0.6) is 11.5 Å². The van der Waals surface area contributed by atoms with Crippen LogP contribution in [0.4, 0.5) is 9.52 Å². The van der Waals surface area contributed by atoms with Crippen molar-refractivity contribution >= 4 is 38.9 Å². The van der Waals surface area contributed by atoms with E-state index in [9.17, 15) is 9.18 Å². The van der Waals surface area contributed by atoms with Crippen LogP contribution < -0.4 is 14.9 Å². The highest BCUT2D eigenvalue weighted by Crippen LogP contribution is 2.29. The van der Waals surface area contributed by atoms with E-state index in [1.807, 2.05) is 31.2 Å². The van der Waals surface area contributed by atoms with Crippen molar-refractivity contribution in [3.63, 3.8) is 0 Å². The first-order chi connectivity index (χ1) is 15.1. The number of anilines is 1. The molecule has 0 aliphatic rings. The zero-order chi connectivity index (χ0) is 21.6. The summed E-state index contributed by atoms with van der Waals surface area (Å²) in [5, 5.41) is 4.92. The number of benzene rings is 3. The Morgan fingerprint density at radius 2 is 1.94 bits per heavy atom. The van der Waals surface area contributed by atoms with Gasteiger partial charge in [0.05, 0.1) is 28.6 Å². The third kappa shape index (κ3) is 5.04. The lowest BCUT2D eigenvalue weighted by atomic mass is 10.2. The molecule has 1 aromatic heterocycles. The number of hydrazone groups is 1. The summed E-state index contributed by atoms with van der Waals surface area (Å²) in [6, 6.07) is 18.1. The molecule has 6 nitrogen and oxygen atoms in total. The molecule has 0 aliphatic carbocycles. The lowest BCUT2D eigenvalue weighted by Gasteiger charge is -2.11. The predicted molar refractivity (Wildman–Crippen MR) is 120 cm³/mol. The van der Waals surface area contributed by atoms with Gasteiger partial charge < -0.3 is 9.47 Å². The lowest BCUT2D eigenvalue weighted by molar-refractivity contribution is 0.0728. The number of carbonyl (C=O) groups is 1. The first-order valence-electron chi connectivity index (χ1n) is 9.51. The highest BCUT2D eigenvalue weighted by Gasteiger charge is 2.13. The average molecular weight is 435 g/mol. The molecule has 0 fully saturated rings. The van der Waals surface area contributed by atoms with Crippen LogP contribution in [0.3, 0.4) is 0 Å². The maximum atomic E-state index is 13.1. The van der Waals surface area contributed by atoms with Crippen LogP contribution in [0.25, 0.3) is 10.2 Å². The molecule has 4 rings (SSSR count). The maximum Gasteiger partial charge on any atom is 0.343 e. The molecule has 156 valence electrons. The van der Waals surface area contributed by atoms with Crippen LogP contribution in [0.1, 0.15) is 22.8 Å². The van der Waals surface area contributed by atoms with Crippen LogP contribution in [0.15, 0.2) is 71.8 Å². The lowest BCUT2D eigenvalue weighted by Crippen LogP contribution is -2.10. The van der Waals surface area contributed by atoms with Crippen molar-refractivity contribution in [1.29, 1.82) is 0 Å². The van der Waals surface area contributed by atoms with E-state index in [0.717, 1.165) is 15.8 Å². The van der Waals surface area contributed by atoms with Crippen LogP contribution >= 0.6 is 11.3 Å². The number of nitrogens with zero attached hydrogens (tertiary/aromatic N) is 2. The van der Waals surface area contributed by atoms with Crippen molar-refractivity contribution in [3.8, 4) is 11.5 Å². The highest BCUT2D eigenvalue weighted by molar-refractivity contribution is 7.22. The summed E-state index contributed by atoms with van der Waals surface area (Å²) >= 11 is 1.51. The van der Waals surface area contributed by atoms with Gasteiger partial charge in [-0.1, -0.05) is 23.5 Å². The van der Waals surface area contributed by atoms with Gasteiger partial charge in [-0.25, -0.2) is 14.2 Å². The Kier molecular flexibility index (Phi) is 6.18. The van der Waals surface area contributed by atoms with Crippen LogP contribution in [0.2, 0.25) is 0 Å². The maximum absolute atomic E-state index is 13.1. The standard InChI is InChI=1S/C23H18FN3O3S/c1-2-29-20-13-15(14-25-27-23-26-18-5-3-4-6-21(18)31-23)7-12-19(20)30-22(28)16-8-10-17(24)11-9-16/h3-14H,2H2,1H3,(H,26,27)/b25-14+. The van der Waals surface area contributed by atoms with Gasteiger partial charge in [0.2, 0.25) is 5.13 Å². The van der Waals surface area contributed by atoms with Gasteiger partial charge in [0.15, 0.2) is 11.5 Å². The summed E-state index contributed by atoms with van der Waals surface area (Å²) in [7, 11) is 0. The molecular weight excluding hydrogens is 417 g/mol. The van der Waals surface area contributed by atoms with Crippen molar-refractivity contribution in [2.24, 2.45) is 5.10 Å². The zero-order valence-corrected chi connectivity index (χ0v) is 17.4. The second-order valence-electron chi connectivity index (χ2n) is 6.39. The highest BCUT2D eigenvalue weighted by atomic mass is 32.1. The molecule has 4 aromatic rings. The molecular formula is C23H18FN3O3S. The number of aromatic nitrogens is 1. The van der Waals surface area contributed by atoms with Gasteiger partial charge in [0.25, 0.3) is 0 Å². The van der Waals surface area contributed by atoms with Crippen LogP contribution in [0, 0.1) is 5.82 Å². The van der Waals surface area contributed by atoms with E-state index in [4.69, 9.17) is 9.47 Å². The van der Waals surface area contributed by atoms with E-state index in [1.54, 1.807) is 24.4 Å². The number of ether oxygens (including phenoxy) is 2. The van der Waals surface area contributed by atoms with Gasteiger partial charge in [-0.3, -0.25) is 5.43 Å². The summed E-state index contributed by atoms with van der Waals surface area (Å²) < 4.78 is 25.2. The number of halogens is 1. The summed E-state index contributed by atoms with van der Waals surface area (Å²) in [6.45, 7) is 2.23. The van der Waals surface area contributed by atoms with Gasteiger partial charge in [-0.15, -0.1) is 0 Å². The van der Waals surface area contributed by atoms with Gasteiger partial charge in [-0.05, 0) is 67.1 Å². The van der Waals surface area contributed by atoms with E-state index in [0.29, 0.717) is 17.5 Å². The minimum atomic E-state index is -0.597. The van der Waals surface area contributed by atoms with Crippen molar-refractivity contribution in [3.05, 3.63) is 83.7 Å². The number of rotatable bonds is 7. The average Bonchev–Trinajstić information content (AvgIpc) is 3.19. The Bertz CT molecular complexity index is 1210. The predicted octanol–water partition coefficient (Wildman–Crippen LogP) is 5.50. The number of thiazole rings is 1. The third-order valence-electron chi connectivity index (χ3n) is 4.22. The molecule has 0 saturated carbocycles. The fourth-order valence-electron chi connectivity index (χ4n) is 2.78. The number of nitrogens with one attached hydrogen (secondary N) is 1. The number of fused-ring (bicyclic) bond motifs is 1. The molecule has 0 bridgehead atoms. The molecule has 1 N–H and O–H groups in total. The minimum absolute atomic E-state index is 0.245. The number of para-hydroxylation sites is 1. The fourth-order valence-corrected chi connectivity index (χ4v) is 3.60. The van der Waals surface area contributed by atoms with Gasteiger partial charge in [0.1, 0.15) is 5.82 Å². The Morgan fingerprint density at radius 3 is 2.71 bits per heavy atom. The topological polar surface area (TPSA) is 72.8 Å². The molecule has 8 heteroatoms. The normalized spacial score (nSPS) is 11.0. The first kappa shape index (κ1) is 20.5. The van der Waals surface area contributed by atoms with Gasteiger partial charge in [0, 0.05) is 0 Å². The first-order valence-corrected chi connectivity index (χ1v) is 10.3. The Balaban J connectivity index is 1.47. The van der Waals surface area contributed by atoms with E-state index >= 15 is 0 Å². The molecule has 31 heavy (non-hydrogen) atoms. The van der Waals surface area contributed by atoms with Crippen LogP contribution in [-0.4, -0.2) is 23.8 Å². The fraction of sp³-hybridized carbons (Fsp3) is 0.0870. The Labute approximate surface area is 182 Å². The second-order valence-corrected chi connectivity index (χ2v) is 7.42. The van der Waals surface area contributed by atoms with Crippen molar-refractivity contribution in [2.45, 2.75) is 6.92 Å². The van der Waals surface area contributed by atoms with E-state index < -0.39 is 11.8 Å². The summed E-state index contributed by atoms with van der Waals surface area (Å²) in [4.78, 5) is 16.8. The molecule has 0 unspecified atom stereocenters. The number of esters is 1. The number of hydrogen-bond donors (Lipinski definition) is 1. The smallest absolute Gasteiger partial charge is 0.343 e. The summed E-state index contributed by atoms with van der Waals surface area (Å²) in [5.74, 6) is -0.344. The quantitative estimate of drug-likeness (QED) is 0.180. The molecule has 0 saturated heterocycles. The van der Waals surface area contributed by atoms with Gasteiger partial charge >= 0.3 is 5.97 Å². The molecule has 1 heterocycles. The van der Waals surface area contributed by atoms with Crippen LogP contribution in [-0.2, 0) is 0 Å². The molecule has 0 radical (unpaired) electrons.